The molecule has 5 rings (SSSR count). The molecule has 5 aliphatic rings. The van der Waals surface area contributed by atoms with Crippen LogP contribution in [0.3, 0.4) is 0 Å². The molecule has 0 aromatic heterocycles. The number of allylic oxidation sites excluding steroid dienone is 1. The highest BCUT2D eigenvalue weighted by atomic mass is 16.7. The number of esters is 1. The van der Waals surface area contributed by atoms with Crippen LogP contribution in [0.1, 0.15) is 40.5 Å². The number of hydrogen-bond donors (Lipinski definition) is 1. The molecule has 0 saturated carbocycles. The summed E-state index contributed by atoms with van der Waals surface area (Å²) in [4.78, 5) is 25.5. The summed E-state index contributed by atoms with van der Waals surface area (Å²) in [6, 6.07) is 0. The second-order valence-electron chi connectivity index (χ2n) is 9.08. The number of rotatable bonds is 1. The lowest BCUT2D eigenvalue weighted by atomic mass is 9.65. The number of ketones is 1. The molecule has 4 fully saturated rings. The van der Waals surface area contributed by atoms with E-state index in [4.69, 9.17) is 18.9 Å². The van der Waals surface area contributed by atoms with Crippen LogP contribution >= 0.6 is 0 Å². The van der Waals surface area contributed by atoms with Gasteiger partial charge < -0.3 is 24.1 Å². The number of epoxide rings is 1. The van der Waals surface area contributed by atoms with Crippen molar-refractivity contribution in [3.63, 3.8) is 0 Å². The molecule has 142 valence electrons. The molecule has 5 heterocycles. The number of carbonyl (C=O) groups is 2. The van der Waals surface area contributed by atoms with Gasteiger partial charge in [-0.1, -0.05) is 6.92 Å². The average molecular weight is 364 g/mol. The number of carbonyl (C=O) groups excluding carboxylic acids is 2. The Morgan fingerprint density at radius 2 is 1.88 bits per heavy atom. The highest BCUT2D eigenvalue weighted by Gasteiger charge is 2.81. The third-order valence-electron chi connectivity index (χ3n) is 7.27. The summed E-state index contributed by atoms with van der Waals surface area (Å²) in [5.41, 5.74) is -3.25. The van der Waals surface area contributed by atoms with Crippen LogP contribution in [-0.2, 0) is 28.5 Å². The van der Waals surface area contributed by atoms with E-state index in [1.165, 1.54) is 0 Å². The second-order valence-corrected chi connectivity index (χ2v) is 9.08. The minimum atomic E-state index is -1.79. The smallest absolute Gasteiger partial charge is 0.318 e. The van der Waals surface area contributed by atoms with Crippen molar-refractivity contribution in [2.45, 2.75) is 69.7 Å². The summed E-state index contributed by atoms with van der Waals surface area (Å²) in [5, 5.41) is 11.5. The number of fused-ring (bicyclic) bond motifs is 2. The predicted molar refractivity (Wildman–Crippen MR) is 86.6 cm³/mol. The molecule has 0 aliphatic carbocycles. The van der Waals surface area contributed by atoms with Crippen molar-refractivity contribution in [2.75, 3.05) is 6.61 Å². The maximum Gasteiger partial charge on any atom is 0.318 e. The number of aliphatic hydroxyl groups is 1. The topological polar surface area (TPSA) is 94.6 Å². The third kappa shape index (κ3) is 1.70. The van der Waals surface area contributed by atoms with Crippen LogP contribution in [0.5, 0.6) is 0 Å². The molecule has 0 amide bonds. The summed E-state index contributed by atoms with van der Waals surface area (Å²) < 4.78 is 23.4. The molecule has 2 bridgehead atoms. The maximum atomic E-state index is 12.9. The van der Waals surface area contributed by atoms with E-state index >= 15 is 0 Å². The van der Waals surface area contributed by atoms with Crippen LogP contribution in [0.15, 0.2) is 11.8 Å². The van der Waals surface area contributed by atoms with Gasteiger partial charge in [-0.3, -0.25) is 9.59 Å². The molecule has 4 saturated heterocycles. The Balaban J connectivity index is 1.64. The van der Waals surface area contributed by atoms with Crippen LogP contribution in [0.4, 0.5) is 0 Å². The van der Waals surface area contributed by atoms with E-state index in [0.29, 0.717) is 18.8 Å². The van der Waals surface area contributed by atoms with Gasteiger partial charge in [0.25, 0.3) is 0 Å². The Labute approximate surface area is 151 Å². The van der Waals surface area contributed by atoms with Crippen molar-refractivity contribution < 1.29 is 33.6 Å². The van der Waals surface area contributed by atoms with Crippen molar-refractivity contribution in [3.8, 4) is 0 Å². The fraction of sp³-hybridized carbons (Fsp3) is 0.789. The lowest BCUT2D eigenvalue weighted by molar-refractivity contribution is -0.271. The van der Waals surface area contributed by atoms with Gasteiger partial charge in [-0.05, 0) is 27.2 Å². The molecule has 0 aromatic rings. The minimum Gasteiger partial charge on any atom is -0.483 e. The molecule has 1 N–H and O–H groups in total. The van der Waals surface area contributed by atoms with Gasteiger partial charge in [-0.15, -0.1) is 0 Å². The van der Waals surface area contributed by atoms with Gasteiger partial charge in [0.15, 0.2) is 5.60 Å². The highest BCUT2D eigenvalue weighted by molar-refractivity contribution is 5.99. The fourth-order valence-electron chi connectivity index (χ4n) is 5.43. The van der Waals surface area contributed by atoms with Crippen LogP contribution in [0.25, 0.3) is 0 Å². The molecule has 7 heteroatoms. The molecule has 26 heavy (non-hydrogen) atoms. The fourth-order valence-corrected chi connectivity index (χ4v) is 5.43. The first kappa shape index (κ1) is 16.7. The minimum absolute atomic E-state index is 0.0684. The molecule has 5 aliphatic heterocycles. The molecule has 8 atom stereocenters. The van der Waals surface area contributed by atoms with Gasteiger partial charge in [0, 0.05) is 24.3 Å². The maximum absolute atomic E-state index is 12.9. The average Bonchev–Trinajstić information content (AvgIpc) is 3.07. The first-order valence-corrected chi connectivity index (χ1v) is 9.24. The lowest BCUT2D eigenvalue weighted by Crippen LogP contribution is -2.57. The Bertz CT molecular complexity index is 755. The summed E-state index contributed by atoms with van der Waals surface area (Å²) in [6.07, 6.45) is 1.38. The van der Waals surface area contributed by atoms with Crippen molar-refractivity contribution in [1.82, 2.24) is 0 Å². The van der Waals surface area contributed by atoms with Crippen LogP contribution in [0.2, 0.25) is 0 Å². The van der Waals surface area contributed by atoms with E-state index in [9.17, 15) is 14.7 Å². The Morgan fingerprint density at radius 1 is 1.19 bits per heavy atom. The third-order valence-corrected chi connectivity index (χ3v) is 7.27. The molecule has 0 radical (unpaired) electrons. The Morgan fingerprint density at radius 3 is 2.54 bits per heavy atom. The molecule has 7 nitrogen and oxygen atoms in total. The zero-order valence-corrected chi connectivity index (χ0v) is 15.4. The quantitative estimate of drug-likeness (QED) is 0.549. The zero-order valence-electron chi connectivity index (χ0n) is 15.4. The van der Waals surface area contributed by atoms with E-state index in [0.717, 1.165) is 0 Å². The van der Waals surface area contributed by atoms with Gasteiger partial charge >= 0.3 is 5.97 Å². The van der Waals surface area contributed by atoms with E-state index < -0.39 is 40.6 Å². The standard InChI is InChI=1S/C19H24O7/c1-9-5-11-14-12(7-16(2)13(20)6-10(9)25-16)26-19(22,17(3)8-23-17)18(14,4)15(21)24-11/h6,9,11-12,14,22H,5,7-8H2,1-4H3. The largest absolute Gasteiger partial charge is 0.483 e. The van der Waals surface area contributed by atoms with Crippen molar-refractivity contribution >= 4 is 11.8 Å². The van der Waals surface area contributed by atoms with Gasteiger partial charge in [-0.2, -0.15) is 0 Å². The molecular formula is C19H24O7. The van der Waals surface area contributed by atoms with Gasteiger partial charge in [0.05, 0.1) is 12.7 Å². The van der Waals surface area contributed by atoms with Gasteiger partial charge in [-0.25, -0.2) is 0 Å². The zero-order chi connectivity index (χ0) is 18.7. The van der Waals surface area contributed by atoms with Gasteiger partial charge in [0.2, 0.25) is 11.6 Å². The van der Waals surface area contributed by atoms with E-state index in [1.54, 1.807) is 26.8 Å². The van der Waals surface area contributed by atoms with Crippen molar-refractivity contribution in [3.05, 3.63) is 11.8 Å². The summed E-state index contributed by atoms with van der Waals surface area (Å²) >= 11 is 0. The van der Waals surface area contributed by atoms with Gasteiger partial charge in [0.1, 0.15) is 22.9 Å². The summed E-state index contributed by atoms with van der Waals surface area (Å²) in [7, 11) is 0. The second kappa shape index (κ2) is 4.51. The van der Waals surface area contributed by atoms with Crippen molar-refractivity contribution in [1.29, 1.82) is 0 Å². The first-order valence-electron chi connectivity index (χ1n) is 9.24. The lowest BCUT2D eigenvalue weighted by Gasteiger charge is -2.37. The predicted octanol–water partition coefficient (Wildman–Crippen LogP) is 1.08. The van der Waals surface area contributed by atoms with Crippen LogP contribution in [0, 0.1) is 17.3 Å². The number of hydrogen-bond acceptors (Lipinski definition) is 7. The monoisotopic (exact) mass is 364 g/mol. The van der Waals surface area contributed by atoms with E-state index in [2.05, 4.69) is 0 Å². The van der Waals surface area contributed by atoms with E-state index in [1.807, 2.05) is 6.92 Å². The van der Waals surface area contributed by atoms with Crippen molar-refractivity contribution in [2.24, 2.45) is 17.3 Å². The Hall–Kier alpha value is -1.44. The Kier molecular flexibility index (Phi) is 2.90. The molecular weight excluding hydrogens is 340 g/mol. The molecule has 0 spiro atoms. The first-order chi connectivity index (χ1) is 12.0. The van der Waals surface area contributed by atoms with Crippen LogP contribution < -0.4 is 0 Å². The summed E-state index contributed by atoms with van der Waals surface area (Å²) in [5.74, 6) is -2.15. The molecule has 8 unspecified atom stereocenters. The van der Waals surface area contributed by atoms with E-state index in [-0.39, 0.29) is 24.0 Å². The SMILES string of the molecule is CC1CC2OC(=O)C3(C)C2C(CC2(C)OC1=CC2=O)OC3(O)C1(C)CO1. The highest BCUT2D eigenvalue weighted by Crippen LogP contribution is 2.64. The van der Waals surface area contributed by atoms with Crippen LogP contribution in [-0.4, -0.2) is 52.7 Å². The molecule has 0 aromatic carbocycles. The normalized spacial score (nSPS) is 57.5. The summed E-state index contributed by atoms with van der Waals surface area (Å²) in [6.45, 7) is 7.47. The number of ether oxygens (including phenoxy) is 4.